The first-order chi connectivity index (χ1) is 14.5. The molecule has 3 rings (SSSR count). The van der Waals surface area contributed by atoms with E-state index in [0.29, 0.717) is 30.3 Å². The van der Waals surface area contributed by atoms with Crippen LogP contribution >= 0.6 is 23.4 Å². The highest BCUT2D eigenvalue weighted by molar-refractivity contribution is 7.99. The van der Waals surface area contributed by atoms with Crippen LogP contribution in [-0.2, 0) is 9.59 Å². The average Bonchev–Trinajstić information content (AvgIpc) is 2.78. The Balaban J connectivity index is 1.33. The van der Waals surface area contributed by atoms with Crippen LogP contribution in [0.1, 0.15) is 6.42 Å². The van der Waals surface area contributed by atoms with Gasteiger partial charge in [0.15, 0.2) is 0 Å². The van der Waals surface area contributed by atoms with E-state index in [0.717, 1.165) is 29.4 Å². The molecule has 0 atom stereocenters. The van der Waals surface area contributed by atoms with Crippen molar-refractivity contribution < 1.29 is 14.3 Å². The summed E-state index contributed by atoms with van der Waals surface area (Å²) < 4.78 is 5.13. The van der Waals surface area contributed by atoms with E-state index in [1.54, 1.807) is 23.8 Å². The minimum Gasteiger partial charge on any atom is -0.497 e. The molecule has 0 bridgehead atoms. The molecule has 0 aliphatic carbocycles. The molecule has 1 heterocycles. The van der Waals surface area contributed by atoms with Crippen LogP contribution in [-0.4, -0.2) is 62.3 Å². The van der Waals surface area contributed by atoms with Crippen molar-refractivity contribution in [2.45, 2.75) is 11.3 Å². The van der Waals surface area contributed by atoms with E-state index in [2.05, 4.69) is 10.2 Å². The van der Waals surface area contributed by atoms with Gasteiger partial charge in [-0.15, -0.1) is 11.8 Å². The lowest BCUT2D eigenvalue weighted by Gasteiger charge is -2.36. The van der Waals surface area contributed by atoms with Crippen molar-refractivity contribution in [1.29, 1.82) is 0 Å². The van der Waals surface area contributed by atoms with E-state index < -0.39 is 0 Å². The zero-order chi connectivity index (χ0) is 21.3. The lowest BCUT2D eigenvalue weighted by atomic mass is 10.2. The lowest BCUT2D eigenvalue weighted by Crippen LogP contribution is -2.51. The third kappa shape index (κ3) is 6.57. The molecule has 2 amide bonds. The molecule has 6 nitrogen and oxygen atoms in total. The molecule has 0 spiro atoms. The van der Waals surface area contributed by atoms with Gasteiger partial charge in [-0.1, -0.05) is 17.7 Å². The van der Waals surface area contributed by atoms with Gasteiger partial charge in [0.1, 0.15) is 5.75 Å². The molecule has 2 aromatic carbocycles. The molecular formula is C22H26ClN3O3S. The first-order valence-corrected chi connectivity index (χ1v) is 11.2. The van der Waals surface area contributed by atoms with Crippen LogP contribution in [0.25, 0.3) is 0 Å². The Morgan fingerprint density at radius 1 is 1.10 bits per heavy atom. The van der Waals surface area contributed by atoms with E-state index >= 15 is 0 Å². The Labute approximate surface area is 186 Å². The number of carbonyl (C=O) groups is 2. The monoisotopic (exact) mass is 447 g/mol. The highest BCUT2D eigenvalue weighted by atomic mass is 35.5. The molecule has 160 valence electrons. The van der Waals surface area contributed by atoms with Crippen molar-refractivity contribution in [2.75, 3.05) is 50.5 Å². The number of benzene rings is 2. The number of nitrogens with one attached hydrogen (secondary N) is 1. The number of piperazine rings is 1. The smallest absolute Gasteiger partial charge is 0.242 e. The van der Waals surface area contributed by atoms with Crippen LogP contribution in [0.2, 0.25) is 5.02 Å². The predicted molar refractivity (Wildman–Crippen MR) is 122 cm³/mol. The first-order valence-electron chi connectivity index (χ1n) is 9.87. The van der Waals surface area contributed by atoms with E-state index in [-0.39, 0.29) is 18.4 Å². The number of hydrogen-bond acceptors (Lipinski definition) is 5. The maximum absolute atomic E-state index is 12.4. The van der Waals surface area contributed by atoms with Crippen LogP contribution in [0.15, 0.2) is 53.4 Å². The molecule has 0 aromatic heterocycles. The van der Waals surface area contributed by atoms with Crippen LogP contribution in [0, 0.1) is 0 Å². The van der Waals surface area contributed by atoms with E-state index in [1.165, 1.54) is 0 Å². The summed E-state index contributed by atoms with van der Waals surface area (Å²) in [6.45, 7) is 2.81. The Bertz CT molecular complexity index is 855. The van der Waals surface area contributed by atoms with Gasteiger partial charge in [0.05, 0.1) is 13.7 Å². The predicted octanol–water partition coefficient (Wildman–Crippen LogP) is 3.30. The third-order valence-corrected chi connectivity index (χ3v) is 6.15. The van der Waals surface area contributed by atoms with E-state index in [1.807, 2.05) is 48.5 Å². The number of carbonyl (C=O) groups excluding carboxylic acids is 2. The van der Waals surface area contributed by atoms with Crippen LogP contribution in [0.4, 0.5) is 5.69 Å². The quantitative estimate of drug-likeness (QED) is 0.629. The van der Waals surface area contributed by atoms with Crippen molar-refractivity contribution in [3.63, 3.8) is 0 Å². The van der Waals surface area contributed by atoms with E-state index in [9.17, 15) is 9.59 Å². The molecule has 1 aliphatic heterocycles. The number of hydrogen-bond donors (Lipinski definition) is 1. The second-order valence-electron chi connectivity index (χ2n) is 6.90. The van der Waals surface area contributed by atoms with Gasteiger partial charge in [-0.3, -0.25) is 9.59 Å². The van der Waals surface area contributed by atoms with Gasteiger partial charge in [-0.2, -0.15) is 0 Å². The molecule has 0 saturated carbocycles. The van der Waals surface area contributed by atoms with Crippen LogP contribution in [0.3, 0.4) is 0 Å². The van der Waals surface area contributed by atoms with Gasteiger partial charge in [-0.05, 0) is 42.5 Å². The van der Waals surface area contributed by atoms with Crippen molar-refractivity contribution in [3.05, 3.63) is 53.6 Å². The van der Waals surface area contributed by atoms with Crippen molar-refractivity contribution in [2.24, 2.45) is 0 Å². The molecule has 2 aromatic rings. The molecule has 30 heavy (non-hydrogen) atoms. The zero-order valence-electron chi connectivity index (χ0n) is 17.0. The second kappa shape index (κ2) is 11.1. The molecule has 1 saturated heterocycles. The Kier molecular flexibility index (Phi) is 8.28. The summed E-state index contributed by atoms with van der Waals surface area (Å²) in [6, 6.07) is 15.5. The number of amides is 2. The highest BCUT2D eigenvalue weighted by Gasteiger charge is 2.21. The maximum atomic E-state index is 12.4. The molecule has 0 radical (unpaired) electrons. The minimum absolute atomic E-state index is 0.0445. The summed E-state index contributed by atoms with van der Waals surface area (Å²) in [5, 5.41) is 3.45. The molecule has 1 aliphatic rings. The number of thioether (sulfide) groups is 1. The summed E-state index contributed by atoms with van der Waals surface area (Å²) in [5.74, 6) is 1.31. The summed E-state index contributed by atoms with van der Waals surface area (Å²) in [4.78, 5) is 29.6. The van der Waals surface area contributed by atoms with Crippen LogP contribution in [0.5, 0.6) is 5.75 Å². The fourth-order valence-electron chi connectivity index (χ4n) is 3.19. The van der Waals surface area contributed by atoms with Gasteiger partial charge in [-0.25, -0.2) is 0 Å². The summed E-state index contributed by atoms with van der Waals surface area (Å²) in [7, 11) is 1.63. The lowest BCUT2D eigenvalue weighted by molar-refractivity contribution is -0.133. The topological polar surface area (TPSA) is 61.9 Å². The Morgan fingerprint density at radius 2 is 1.83 bits per heavy atom. The fourth-order valence-corrected chi connectivity index (χ4v) is 4.23. The average molecular weight is 448 g/mol. The number of rotatable bonds is 8. The van der Waals surface area contributed by atoms with Crippen molar-refractivity contribution in [1.82, 2.24) is 10.2 Å². The van der Waals surface area contributed by atoms with Crippen molar-refractivity contribution in [3.8, 4) is 5.75 Å². The number of halogens is 1. The molecule has 1 fully saturated rings. The Hall–Kier alpha value is -2.38. The summed E-state index contributed by atoms with van der Waals surface area (Å²) in [6.07, 6.45) is 0.368. The summed E-state index contributed by atoms with van der Waals surface area (Å²) >= 11 is 7.66. The van der Waals surface area contributed by atoms with E-state index in [4.69, 9.17) is 16.3 Å². The molecular weight excluding hydrogens is 422 g/mol. The third-order valence-electron chi connectivity index (χ3n) is 4.90. The van der Waals surface area contributed by atoms with Gasteiger partial charge < -0.3 is 19.9 Å². The van der Waals surface area contributed by atoms with Gasteiger partial charge in [0.25, 0.3) is 0 Å². The van der Waals surface area contributed by atoms with Crippen LogP contribution < -0.4 is 15.0 Å². The number of anilines is 1. The molecule has 1 N–H and O–H groups in total. The maximum Gasteiger partial charge on any atom is 0.242 e. The highest BCUT2D eigenvalue weighted by Crippen LogP contribution is 2.22. The second-order valence-corrected chi connectivity index (χ2v) is 8.50. The SMILES string of the molecule is COc1ccc(SCCC(=O)NCC(=O)N2CCN(c3cccc(Cl)c3)CC2)cc1. The zero-order valence-corrected chi connectivity index (χ0v) is 18.5. The van der Waals surface area contributed by atoms with Gasteiger partial charge in [0.2, 0.25) is 11.8 Å². The van der Waals surface area contributed by atoms with Gasteiger partial charge >= 0.3 is 0 Å². The van der Waals surface area contributed by atoms with Gasteiger partial charge in [0, 0.05) is 54.0 Å². The fraction of sp³-hybridized carbons (Fsp3) is 0.364. The standard InChI is InChI=1S/C22H26ClN3O3S/c1-29-19-5-7-20(8-6-19)30-14-9-21(27)24-16-22(28)26-12-10-25(11-13-26)18-4-2-3-17(23)15-18/h2-8,15H,9-14,16H2,1H3,(H,24,27). The minimum atomic E-state index is -0.109. The summed E-state index contributed by atoms with van der Waals surface area (Å²) in [5.41, 5.74) is 1.07. The largest absolute Gasteiger partial charge is 0.497 e. The normalized spacial score (nSPS) is 13.8. The number of nitrogens with zero attached hydrogens (tertiary/aromatic N) is 2. The molecule has 0 unspecified atom stereocenters. The van der Waals surface area contributed by atoms with Crippen molar-refractivity contribution >= 4 is 40.9 Å². The molecule has 8 heteroatoms. The first kappa shape index (κ1) is 22.3. The number of ether oxygens (including phenoxy) is 1. The Morgan fingerprint density at radius 3 is 2.50 bits per heavy atom. The number of methoxy groups -OCH3 is 1.